The van der Waals surface area contributed by atoms with Gasteiger partial charge in [0.2, 0.25) is 5.91 Å². The molecule has 6 rings (SSSR count). The molecule has 5 amide bonds. The van der Waals surface area contributed by atoms with Crippen molar-refractivity contribution in [1.82, 2.24) is 29.8 Å². The van der Waals surface area contributed by atoms with Crippen LogP contribution in [-0.2, 0) is 23.8 Å². The van der Waals surface area contributed by atoms with Crippen molar-refractivity contribution in [3.8, 4) is 0 Å². The minimum atomic E-state index is -4.68. The summed E-state index contributed by atoms with van der Waals surface area (Å²) in [6, 6.07) is 8.84. The number of piperazine rings is 1. The number of likely N-dealkylation sites (tertiary alicyclic amines) is 2. The second-order valence-corrected chi connectivity index (χ2v) is 14.5. The lowest BCUT2D eigenvalue weighted by molar-refractivity contribution is -0.137. The zero-order chi connectivity index (χ0) is 36.3. The van der Waals surface area contributed by atoms with Gasteiger partial charge in [-0.25, -0.2) is 9.59 Å². The number of para-hydroxylation sites is 1. The Hall–Kier alpha value is -3.75. The second kappa shape index (κ2) is 15.9. The van der Waals surface area contributed by atoms with Crippen molar-refractivity contribution < 1.29 is 27.6 Å². The molecule has 51 heavy (non-hydrogen) atoms. The number of nitrogens with one attached hydrogen (secondary N) is 3. The highest BCUT2D eigenvalue weighted by Crippen LogP contribution is 2.39. The number of rotatable bonds is 7. The van der Waals surface area contributed by atoms with Gasteiger partial charge in [0, 0.05) is 77.1 Å². The standard InChI is InChI=1S/C36H48ClF3N8O3/c1-41-32-28(36(38,39)40)21-24(22-29(32)37)23-31(33(49)46-19-17-45(18-20-46)26-8-12-44(2)13-9-26)43-34(50)47-14-10-27(11-15-47)48-16-7-25-5-3-4-6-30(25)42-35(48)51/h3-6,21-22,26-27,31,41H,7-20,23H2,1-2H3,(H,42,51)(H,43,50)/t31-/m1/s1. The number of urea groups is 2. The van der Waals surface area contributed by atoms with Gasteiger partial charge in [-0.3, -0.25) is 9.69 Å². The van der Waals surface area contributed by atoms with Gasteiger partial charge in [0.15, 0.2) is 0 Å². The predicted octanol–water partition coefficient (Wildman–Crippen LogP) is 4.81. The molecule has 3 N–H and O–H groups in total. The van der Waals surface area contributed by atoms with E-state index < -0.39 is 23.8 Å². The van der Waals surface area contributed by atoms with Crippen LogP contribution in [0.3, 0.4) is 0 Å². The van der Waals surface area contributed by atoms with Gasteiger partial charge >= 0.3 is 18.2 Å². The quantitative estimate of drug-likeness (QED) is 0.378. The molecule has 2 aromatic rings. The Morgan fingerprint density at radius 2 is 1.59 bits per heavy atom. The molecular weight excluding hydrogens is 685 g/mol. The topological polar surface area (TPSA) is 103 Å². The summed E-state index contributed by atoms with van der Waals surface area (Å²) < 4.78 is 42.1. The number of hydrogen-bond donors (Lipinski definition) is 3. The fourth-order valence-corrected chi connectivity index (χ4v) is 8.28. The number of carbonyl (C=O) groups is 3. The van der Waals surface area contributed by atoms with Gasteiger partial charge in [0.05, 0.1) is 16.3 Å². The Balaban J connectivity index is 1.13. The Labute approximate surface area is 302 Å². The molecule has 0 bridgehead atoms. The number of benzene rings is 2. The van der Waals surface area contributed by atoms with Crippen LogP contribution in [0.5, 0.6) is 0 Å². The molecule has 4 heterocycles. The Kier molecular flexibility index (Phi) is 11.5. The van der Waals surface area contributed by atoms with Crippen molar-refractivity contribution in [2.75, 3.05) is 83.6 Å². The van der Waals surface area contributed by atoms with Crippen molar-refractivity contribution in [2.24, 2.45) is 0 Å². The van der Waals surface area contributed by atoms with Gasteiger partial charge in [-0.15, -0.1) is 0 Å². The van der Waals surface area contributed by atoms with E-state index in [2.05, 4.69) is 32.8 Å². The second-order valence-electron chi connectivity index (χ2n) is 14.1. The SMILES string of the molecule is CNc1c(Cl)cc(C[C@@H](NC(=O)N2CCC(N3CCc4ccccc4NC3=O)CC2)C(=O)N2CCN(C3CCN(C)CC3)CC2)cc1C(F)(F)F. The van der Waals surface area contributed by atoms with Gasteiger partial charge in [0.25, 0.3) is 0 Å². The van der Waals surface area contributed by atoms with E-state index in [0.29, 0.717) is 64.7 Å². The van der Waals surface area contributed by atoms with Crippen molar-refractivity contribution in [3.63, 3.8) is 0 Å². The van der Waals surface area contributed by atoms with E-state index in [9.17, 15) is 27.6 Å². The van der Waals surface area contributed by atoms with Crippen molar-refractivity contribution in [3.05, 3.63) is 58.1 Å². The smallest absolute Gasteiger partial charge is 0.386 e. The van der Waals surface area contributed by atoms with E-state index >= 15 is 0 Å². The number of anilines is 2. The molecule has 11 nitrogen and oxygen atoms in total. The minimum absolute atomic E-state index is 0.0599. The molecule has 0 radical (unpaired) electrons. The summed E-state index contributed by atoms with van der Waals surface area (Å²) in [7, 11) is 3.49. The monoisotopic (exact) mass is 732 g/mol. The van der Waals surface area contributed by atoms with Gasteiger partial charge < -0.3 is 35.6 Å². The third-order valence-corrected chi connectivity index (χ3v) is 11.2. The molecule has 4 aliphatic rings. The van der Waals surface area contributed by atoms with Gasteiger partial charge in [-0.2, -0.15) is 13.2 Å². The third kappa shape index (κ3) is 8.66. The van der Waals surface area contributed by atoms with E-state index in [4.69, 9.17) is 11.6 Å². The number of alkyl halides is 3. The van der Waals surface area contributed by atoms with Crippen LogP contribution >= 0.6 is 11.6 Å². The van der Waals surface area contributed by atoms with Crippen molar-refractivity contribution >= 4 is 40.9 Å². The number of piperidine rings is 2. The number of fused-ring (bicyclic) bond motifs is 1. The molecule has 0 spiro atoms. The van der Waals surface area contributed by atoms with Crippen LogP contribution in [0.25, 0.3) is 0 Å². The van der Waals surface area contributed by atoms with E-state index in [1.807, 2.05) is 29.2 Å². The molecule has 0 unspecified atom stereocenters. The first-order valence-electron chi connectivity index (χ1n) is 17.9. The maximum absolute atomic E-state index is 14.1. The minimum Gasteiger partial charge on any atom is -0.386 e. The third-order valence-electron chi connectivity index (χ3n) is 10.9. The molecule has 2 aromatic carbocycles. The van der Waals surface area contributed by atoms with Crippen LogP contribution < -0.4 is 16.0 Å². The largest absolute Gasteiger partial charge is 0.418 e. The lowest BCUT2D eigenvalue weighted by Gasteiger charge is -2.43. The average molecular weight is 733 g/mol. The summed E-state index contributed by atoms with van der Waals surface area (Å²) in [5.74, 6) is -0.329. The normalized spacial score (nSPS) is 20.7. The molecule has 0 aromatic heterocycles. The zero-order valence-electron chi connectivity index (χ0n) is 29.3. The van der Waals surface area contributed by atoms with Crippen LogP contribution in [-0.4, -0.2) is 134 Å². The highest BCUT2D eigenvalue weighted by Gasteiger charge is 2.38. The number of carbonyl (C=O) groups excluding carboxylic acids is 3. The maximum Gasteiger partial charge on any atom is 0.418 e. The summed E-state index contributed by atoms with van der Waals surface area (Å²) in [5.41, 5.74) is 0.911. The maximum atomic E-state index is 14.1. The Bertz CT molecular complexity index is 1570. The Morgan fingerprint density at radius 1 is 0.922 bits per heavy atom. The van der Waals surface area contributed by atoms with Crippen molar-refractivity contribution in [2.45, 2.75) is 62.8 Å². The van der Waals surface area contributed by atoms with Gasteiger partial charge in [-0.05, 0) is 81.6 Å². The highest BCUT2D eigenvalue weighted by atomic mass is 35.5. The van der Waals surface area contributed by atoms with Crippen LogP contribution in [0.1, 0.15) is 42.4 Å². The molecular formula is C36H48ClF3N8O3. The molecule has 0 aliphatic carbocycles. The van der Waals surface area contributed by atoms with E-state index in [0.717, 1.165) is 49.7 Å². The number of hydrogen-bond acceptors (Lipinski definition) is 6. The Morgan fingerprint density at radius 3 is 2.25 bits per heavy atom. The molecule has 278 valence electrons. The summed E-state index contributed by atoms with van der Waals surface area (Å²) in [4.78, 5) is 50.9. The summed E-state index contributed by atoms with van der Waals surface area (Å²) in [5, 5.41) is 8.31. The molecule has 15 heteroatoms. The summed E-state index contributed by atoms with van der Waals surface area (Å²) >= 11 is 6.31. The highest BCUT2D eigenvalue weighted by molar-refractivity contribution is 6.33. The first-order chi connectivity index (χ1) is 24.4. The van der Waals surface area contributed by atoms with Crippen LogP contribution in [0.15, 0.2) is 36.4 Å². The first-order valence-corrected chi connectivity index (χ1v) is 18.3. The number of amides is 5. The van der Waals surface area contributed by atoms with Crippen LogP contribution in [0, 0.1) is 0 Å². The van der Waals surface area contributed by atoms with Gasteiger partial charge in [-0.1, -0.05) is 29.8 Å². The average Bonchev–Trinajstić information content (AvgIpc) is 3.29. The predicted molar refractivity (Wildman–Crippen MR) is 191 cm³/mol. The summed E-state index contributed by atoms with van der Waals surface area (Å²) in [6.07, 6.45) is -0.849. The number of halogens is 4. The lowest BCUT2D eigenvalue weighted by atomic mass is 9.99. The van der Waals surface area contributed by atoms with Crippen LogP contribution in [0.2, 0.25) is 5.02 Å². The van der Waals surface area contributed by atoms with Crippen molar-refractivity contribution in [1.29, 1.82) is 0 Å². The fourth-order valence-electron chi connectivity index (χ4n) is 7.94. The lowest BCUT2D eigenvalue weighted by Crippen LogP contribution is -2.59. The molecule has 3 saturated heterocycles. The summed E-state index contributed by atoms with van der Waals surface area (Å²) in [6.45, 7) is 5.70. The van der Waals surface area contributed by atoms with E-state index in [-0.39, 0.29) is 40.7 Å². The molecule has 4 aliphatic heterocycles. The first kappa shape index (κ1) is 37.0. The van der Waals surface area contributed by atoms with E-state index in [1.165, 1.54) is 13.1 Å². The molecule has 0 saturated carbocycles. The number of nitrogens with zero attached hydrogens (tertiary/aromatic N) is 5. The fraction of sp³-hybridized carbons (Fsp3) is 0.583. The molecule has 1 atom stereocenters. The zero-order valence-corrected chi connectivity index (χ0v) is 30.0. The van der Waals surface area contributed by atoms with E-state index in [1.54, 1.807) is 9.80 Å². The van der Waals surface area contributed by atoms with Crippen LogP contribution in [0.4, 0.5) is 34.1 Å². The molecule has 3 fully saturated rings. The van der Waals surface area contributed by atoms with Gasteiger partial charge in [0.1, 0.15) is 6.04 Å².